The van der Waals surface area contributed by atoms with Crippen LogP contribution in [0.2, 0.25) is 0 Å². The van der Waals surface area contributed by atoms with Gasteiger partial charge >= 0.3 is 6.03 Å². The van der Waals surface area contributed by atoms with E-state index in [0.29, 0.717) is 18.0 Å². The Balaban J connectivity index is 1.86. The molecule has 2 rings (SSSR count). The molecule has 0 unspecified atom stereocenters. The highest BCUT2D eigenvalue weighted by Gasteiger charge is 2.07. The van der Waals surface area contributed by atoms with Crippen LogP contribution in [0.5, 0.6) is 5.75 Å². The van der Waals surface area contributed by atoms with E-state index in [2.05, 4.69) is 26.6 Å². The molecule has 0 spiro atoms. The maximum Gasteiger partial charge on any atom is 0.319 e. The zero-order chi connectivity index (χ0) is 19.1. The first-order chi connectivity index (χ1) is 12.3. The quantitative estimate of drug-likeness (QED) is 0.751. The summed E-state index contributed by atoms with van der Waals surface area (Å²) in [6.45, 7) is 2.31. The molecule has 0 bridgehead atoms. The predicted octanol–water partition coefficient (Wildman–Crippen LogP) is 3.55. The summed E-state index contributed by atoms with van der Waals surface area (Å²) in [6.07, 6.45) is 0. The highest BCUT2D eigenvalue weighted by molar-refractivity contribution is 9.10. The van der Waals surface area contributed by atoms with E-state index in [1.165, 1.54) is 4.90 Å². The summed E-state index contributed by atoms with van der Waals surface area (Å²) < 4.78 is 6.41. The fourth-order valence-electron chi connectivity index (χ4n) is 2.05. The van der Waals surface area contributed by atoms with Crippen molar-refractivity contribution in [2.75, 3.05) is 26.0 Å². The third kappa shape index (κ3) is 6.07. The van der Waals surface area contributed by atoms with Crippen molar-refractivity contribution < 1.29 is 14.3 Å². The Hall–Kier alpha value is -2.54. The van der Waals surface area contributed by atoms with Gasteiger partial charge in [-0.2, -0.15) is 0 Å². The van der Waals surface area contributed by atoms with Crippen LogP contribution in [0.25, 0.3) is 0 Å². The number of nitrogens with one attached hydrogen (secondary N) is 2. The van der Waals surface area contributed by atoms with E-state index >= 15 is 0 Å². The van der Waals surface area contributed by atoms with Crippen molar-refractivity contribution in [3.05, 3.63) is 58.1 Å². The monoisotopic (exact) mass is 419 g/mol. The largest absolute Gasteiger partial charge is 0.484 e. The molecule has 2 aromatic rings. The van der Waals surface area contributed by atoms with Gasteiger partial charge in [-0.3, -0.25) is 4.79 Å². The summed E-state index contributed by atoms with van der Waals surface area (Å²) >= 11 is 3.44. The van der Waals surface area contributed by atoms with Gasteiger partial charge in [-0.1, -0.05) is 34.1 Å². The minimum atomic E-state index is -0.296. The maximum atomic E-state index is 12.0. The van der Waals surface area contributed by atoms with E-state index in [1.807, 2.05) is 37.3 Å². The van der Waals surface area contributed by atoms with Gasteiger partial charge in [0.1, 0.15) is 5.75 Å². The maximum absolute atomic E-state index is 12.0. The lowest BCUT2D eigenvalue weighted by Gasteiger charge is -2.12. The van der Waals surface area contributed by atoms with E-state index in [0.717, 1.165) is 15.6 Å². The van der Waals surface area contributed by atoms with Crippen LogP contribution in [0.15, 0.2) is 46.9 Å². The lowest BCUT2D eigenvalue weighted by molar-refractivity contribution is -0.130. The molecule has 0 saturated carbocycles. The molecule has 0 heterocycles. The van der Waals surface area contributed by atoms with E-state index in [-0.39, 0.29) is 18.5 Å². The van der Waals surface area contributed by atoms with Gasteiger partial charge in [0, 0.05) is 30.8 Å². The average Bonchev–Trinajstić information content (AvgIpc) is 2.61. The van der Waals surface area contributed by atoms with Crippen LogP contribution in [-0.4, -0.2) is 37.5 Å². The van der Waals surface area contributed by atoms with Crippen molar-refractivity contribution in [1.29, 1.82) is 0 Å². The summed E-state index contributed by atoms with van der Waals surface area (Å²) in [5, 5.41) is 5.58. The van der Waals surface area contributed by atoms with Gasteiger partial charge in [0.15, 0.2) is 6.61 Å². The highest BCUT2D eigenvalue weighted by atomic mass is 79.9. The van der Waals surface area contributed by atoms with Crippen LogP contribution >= 0.6 is 15.9 Å². The zero-order valence-electron chi connectivity index (χ0n) is 15.0. The topological polar surface area (TPSA) is 70.7 Å². The molecule has 138 valence electrons. The number of urea groups is 1. The minimum absolute atomic E-state index is 0.0212. The van der Waals surface area contributed by atoms with Crippen molar-refractivity contribution in [2.24, 2.45) is 0 Å². The van der Waals surface area contributed by atoms with Crippen molar-refractivity contribution in [3.8, 4) is 5.75 Å². The number of likely N-dealkylation sites (N-methyl/N-ethyl adjacent to an activating group) is 1. The molecule has 0 saturated heterocycles. The molecule has 0 aliphatic rings. The highest BCUT2D eigenvalue weighted by Crippen LogP contribution is 2.20. The standard InChI is InChI=1S/C19H22BrN3O3/c1-13-7-8-15(10-17(13)20)22-19(25)21-11-14-5-4-6-16(9-14)26-12-18(24)23(2)3/h4-10H,11-12H2,1-3H3,(H2,21,22,25). The van der Waals surface area contributed by atoms with Crippen molar-refractivity contribution >= 4 is 33.6 Å². The molecule has 7 heteroatoms. The molecule has 2 aromatic carbocycles. The fraction of sp³-hybridized carbons (Fsp3) is 0.263. The molecule has 6 nitrogen and oxygen atoms in total. The Morgan fingerprint density at radius 1 is 1.15 bits per heavy atom. The summed E-state index contributed by atoms with van der Waals surface area (Å²) in [5.74, 6) is 0.472. The predicted molar refractivity (Wildman–Crippen MR) is 105 cm³/mol. The normalized spacial score (nSPS) is 10.2. The second kappa shape index (κ2) is 9.24. The number of halogens is 1. The van der Waals surface area contributed by atoms with Gasteiger partial charge in [0.2, 0.25) is 0 Å². The summed E-state index contributed by atoms with van der Waals surface area (Å²) in [7, 11) is 3.36. The van der Waals surface area contributed by atoms with E-state index < -0.39 is 0 Å². The molecular weight excluding hydrogens is 398 g/mol. The number of hydrogen-bond donors (Lipinski definition) is 2. The Morgan fingerprint density at radius 3 is 2.62 bits per heavy atom. The lowest BCUT2D eigenvalue weighted by atomic mass is 10.2. The average molecular weight is 420 g/mol. The molecule has 0 radical (unpaired) electrons. The van der Waals surface area contributed by atoms with Crippen LogP contribution in [0, 0.1) is 6.92 Å². The van der Waals surface area contributed by atoms with Crippen LogP contribution in [-0.2, 0) is 11.3 Å². The van der Waals surface area contributed by atoms with Gasteiger partial charge in [-0.15, -0.1) is 0 Å². The first-order valence-corrected chi connectivity index (χ1v) is 8.87. The first kappa shape index (κ1) is 19.8. The number of anilines is 1. The molecule has 26 heavy (non-hydrogen) atoms. The second-order valence-electron chi connectivity index (χ2n) is 6.00. The van der Waals surface area contributed by atoms with Gasteiger partial charge in [-0.25, -0.2) is 4.79 Å². The number of rotatable bonds is 6. The zero-order valence-corrected chi connectivity index (χ0v) is 16.6. The Bertz CT molecular complexity index is 793. The molecule has 0 fully saturated rings. The molecular formula is C19H22BrN3O3. The van der Waals surface area contributed by atoms with Gasteiger partial charge < -0.3 is 20.3 Å². The smallest absolute Gasteiger partial charge is 0.319 e. The number of carbonyl (C=O) groups excluding carboxylic acids is 2. The van der Waals surface area contributed by atoms with Gasteiger partial charge in [0.05, 0.1) is 0 Å². The van der Waals surface area contributed by atoms with Crippen LogP contribution in [0.1, 0.15) is 11.1 Å². The van der Waals surface area contributed by atoms with Gasteiger partial charge in [-0.05, 0) is 42.3 Å². The SMILES string of the molecule is Cc1ccc(NC(=O)NCc2cccc(OCC(=O)N(C)C)c2)cc1Br. The number of benzene rings is 2. The van der Waals surface area contributed by atoms with Gasteiger partial charge in [0.25, 0.3) is 5.91 Å². The Labute approximate surface area is 161 Å². The van der Waals surface area contributed by atoms with Crippen molar-refractivity contribution in [3.63, 3.8) is 0 Å². The van der Waals surface area contributed by atoms with E-state index in [4.69, 9.17) is 4.74 Å². The third-order valence-electron chi connectivity index (χ3n) is 3.64. The molecule has 0 aliphatic carbocycles. The van der Waals surface area contributed by atoms with Crippen LogP contribution < -0.4 is 15.4 Å². The Morgan fingerprint density at radius 2 is 1.92 bits per heavy atom. The number of carbonyl (C=O) groups is 2. The molecule has 0 aromatic heterocycles. The minimum Gasteiger partial charge on any atom is -0.484 e. The van der Waals surface area contributed by atoms with E-state index in [1.54, 1.807) is 26.2 Å². The summed E-state index contributed by atoms with van der Waals surface area (Å²) in [6, 6.07) is 12.6. The first-order valence-electron chi connectivity index (χ1n) is 8.08. The Kier molecular flexibility index (Phi) is 7.03. The lowest BCUT2D eigenvalue weighted by Crippen LogP contribution is -2.28. The van der Waals surface area contributed by atoms with Crippen LogP contribution in [0.3, 0.4) is 0 Å². The molecule has 0 atom stereocenters. The molecule has 0 aliphatic heterocycles. The van der Waals surface area contributed by atoms with Crippen molar-refractivity contribution in [2.45, 2.75) is 13.5 Å². The number of ether oxygens (including phenoxy) is 1. The molecule has 3 amide bonds. The number of aryl methyl sites for hydroxylation is 1. The molecule has 2 N–H and O–H groups in total. The summed E-state index contributed by atoms with van der Waals surface area (Å²) in [5.41, 5.74) is 2.68. The third-order valence-corrected chi connectivity index (χ3v) is 4.50. The van der Waals surface area contributed by atoms with Crippen LogP contribution in [0.4, 0.5) is 10.5 Å². The van der Waals surface area contributed by atoms with E-state index in [9.17, 15) is 9.59 Å². The summed E-state index contributed by atoms with van der Waals surface area (Å²) in [4.78, 5) is 25.1. The number of amides is 3. The number of nitrogens with zero attached hydrogens (tertiary/aromatic N) is 1. The second-order valence-corrected chi connectivity index (χ2v) is 6.85. The van der Waals surface area contributed by atoms with Crippen molar-refractivity contribution in [1.82, 2.24) is 10.2 Å². The fourth-order valence-corrected chi connectivity index (χ4v) is 2.43. The number of hydrogen-bond acceptors (Lipinski definition) is 3.